The van der Waals surface area contributed by atoms with E-state index in [1.54, 1.807) is 0 Å². The van der Waals surface area contributed by atoms with E-state index in [0.29, 0.717) is 5.82 Å². The molecule has 2 rings (SSSR count). The molecule has 1 aliphatic rings. The van der Waals surface area contributed by atoms with Gasteiger partial charge in [0.25, 0.3) is 5.56 Å². The second-order valence-corrected chi connectivity index (χ2v) is 4.07. The summed E-state index contributed by atoms with van der Waals surface area (Å²) in [6.07, 6.45) is 4.53. The molecule has 7 heteroatoms. The number of H-pyrrole nitrogens is 1. The minimum atomic E-state index is -0.500. The predicted molar refractivity (Wildman–Crippen MR) is 61.6 cm³/mol. The van der Waals surface area contributed by atoms with Crippen molar-refractivity contribution in [2.24, 2.45) is 0 Å². The van der Waals surface area contributed by atoms with E-state index in [2.05, 4.69) is 9.97 Å². The van der Waals surface area contributed by atoms with Crippen LogP contribution in [0.1, 0.15) is 24.8 Å². The van der Waals surface area contributed by atoms with Gasteiger partial charge in [-0.2, -0.15) is 0 Å². The highest BCUT2D eigenvalue weighted by Crippen LogP contribution is 2.19. The van der Waals surface area contributed by atoms with Crippen molar-refractivity contribution in [3.63, 3.8) is 0 Å². The van der Waals surface area contributed by atoms with Crippen molar-refractivity contribution in [1.29, 1.82) is 0 Å². The summed E-state index contributed by atoms with van der Waals surface area (Å²) in [5, 5.41) is 10.6. The maximum absolute atomic E-state index is 11.6. The van der Waals surface area contributed by atoms with Gasteiger partial charge in [0.15, 0.2) is 0 Å². The third-order valence-electron chi connectivity index (χ3n) is 2.87. The van der Waals surface area contributed by atoms with E-state index in [4.69, 9.17) is 0 Å². The fourth-order valence-corrected chi connectivity index (χ4v) is 2.07. The first-order chi connectivity index (χ1) is 8.18. The van der Waals surface area contributed by atoms with E-state index in [0.717, 1.165) is 32.4 Å². The van der Waals surface area contributed by atoms with Crippen LogP contribution in [0.5, 0.6) is 0 Å². The Morgan fingerprint density at radius 1 is 1.41 bits per heavy atom. The van der Waals surface area contributed by atoms with Crippen molar-refractivity contribution < 1.29 is 4.92 Å². The molecule has 1 aliphatic heterocycles. The summed E-state index contributed by atoms with van der Waals surface area (Å²) in [7, 11) is 0. The molecular weight excluding hydrogens is 224 g/mol. The number of nitro groups is 1. The van der Waals surface area contributed by atoms with Crippen LogP contribution in [-0.4, -0.2) is 28.0 Å². The lowest BCUT2D eigenvalue weighted by molar-refractivity contribution is -0.496. The molecule has 2 heterocycles. The number of piperidine rings is 1. The summed E-state index contributed by atoms with van der Waals surface area (Å²) < 4.78 is 0. The first-order valence-electron chi connectivity index (χ1n) is 5.62. The standard InChI is InChI=1S/C10H14N4O3/c15-10-8(6-14(16)17)9(11-7-12-10)13-4-2-1-3-5-13/h7H,1-6H2,(H,11,12,15). The zero-order valence-electron chi connectivity index (χ0n) is 9.39. The molecule has 1 N–H and O–H groups in total. The summed E-state index contributed by atoms with van der Waals surface area (Å²) in [5.41, 5.74) is -0.267. The molecule has 0 atom stereocenters. The fraction of sp³-hybridized carbons (Fsp3) is 0.600. The summed E-state index contributed by atoms with van der Waals surface area (Å²) >= 11 is 0. The average Bonchev–Trinajstić information content (AvgIpc) is 2.32. The highest BCUT2D eigenvalue weighted by Gasteiger charge is 2.20. The fourth-order valence-electron chi connectivity index (χ4n) is 2.07. The Hall–Kier alpha value is -1.92. The van der Waals surface area contributed by atoms with Gasteiger partial charge in [0, 0.05) is 18.0 Å². The van der Waals surface area contributed by atoms with E-state index in [1.807, 2.05) is 4.90 Å². The SMILES string of the molecule is O=c1[nH]cnc(N2CCCCC2)c1C[N+](=O)[O-]. The van der Waals surface area contributed by atoms with Gasteiger partial charge in [-0.3, -0.25) is 14.9 Å². The van der Waals surface area contributed by atoms with Crippen LogP contribution in [0.2, 0.25) is 0 Å². The topological polar surface area (TPSA) is 92.1 Å². The summed E-state index contributed by atoms with van der Waals surface area (Å²) in [4.78, 5) is 30.1. The van der Waals surface area contributed by atoms with Crippen LogP contribution in [0.3, 0.4) is 0 Å². The number of hydrogen-bond acceptors (Lipinski definition) is 5. The molecule has 0 radical (unpaired) electrons. The average molecular weight is 238 g/mol. The van der Waals surface area contributed by atoms with Crippen molar-refractivity contribution >= 4 is 5.82 Å². The first kappa shape index (κ1) is 11.6. The van der Waals surface area contributed by atoms with Gasteiger partial charge in [-0.05, 0) is 19.3 Å². The molecule has 0 aromatic carbocycles. The Labute approximate surface area is 97.6 Å². The number of hydrogen-bond donors (Lipinski definition) is 1. The summed E-state index contributed by atoms with van der Waals surface area (Å²) in [6, 6.07) is 0. The number of anilines is 1. The molecule has 0 unspecified atom stereocenters. The number of nitrogens with one attached hydrogen (secondary N) is 1. The third kappa shape index (κ3) is 2.61. The molecule has 0 aliphatic carbocycles. The van der Waals surface area contributed by atoms with Gasteiger partial charge < -0.3 is 9.88 Å². The maximum atomic E-state index is 11.6. The molecule has 1 saturated heterocycles. The molecule has 0 saturated carbocycles. The second kappa shape index (κ2) is 4.94. The maximum Gasteiger partial charge on any atom is 0.262 e. The van der Waals surface area contributed by atoms with Gasteiger partial charge in [0.1, 0.15) is 11.4 Å². The number of rotatable bonds is 3. The quantitative estimate of drug-likeness (QED) is 0.612. The van der Waals surface area contributed by atoms with E-state index >= 15 is 0 Å². The highest BCUT2D eigenvalue weighted by molar-refractivity contribution is 5.45. The van der Waals surface area contributed by atoms with Crippen LogP contribution < -0.4 is 10.5 Å². The zero-order chi connectivity index (χ0) is 12.3. The van der Waals surface area contributed by atoms with E-state index in [1.165, 1.54) is 6.33 Å². The lowest BCUT2D eigenvalue weighted by Crippen LogP contribution is -2.33. The van der Waals surface area contributed by atoms with E-state index < -0.39 is 17.0 Å². The van der Waals surface area contributed by atoms with Crippen molar-refractivity contribution in [3.05, 3.63) is 32.4 Å². The Bertz CT molecular complexity index is 465. The zero-order valence-corrected chi connectivity index (χ0v) is 9.39. The smallest absolute Gasteiger partial charge is 0.262 e. The lowest BCUT2D eigenvalue weighted by Gasteiger charge is -2.28. The minimum Gasteiger partial charge on any atom is -0.356 e. The van der Waals surface area contributed by atoms with Crippen molar-refractivity contribution in [1.82, 2.24) is 9.97 Å². The Kier molecular flexibility index (Phi) is 3.36. The molecule has 0 bridgehead atoms. The molecule has 0 spiro atoms. The summed E-state index contributed by atoms with van der Waals surface area (Å²) in [5.74, 6) is 0.463. The molecule has 1 fully saturated rings. The van der Waals surface area contributed by atoms with Gasteiger partial charge in [0.05, 0.1) is 6.33 Å². The van der Waals surface area contributed by atoms with Crippen LogP contribution in [0.4, 0.5) is 5.82 Å². The van der Waals surface area contributed by atoms with Crippen LogP contribution in [0.15, 0.2) is 11.1 Å². The number of nitrogens with zero attached hydrogens (tertiary/aromatic N) is 3. The van der Waals surface area contributed by atoms with Gasteiger partial charge >= 0.3 is 0 Å². The molecule has 92 valence electrons. The molecule has 1 aromatic rings. The minimum absolute atomic E-state index is 0.152. The predicted octanol–water partition coefficient (Wildman–Crippen LogP) is 0.537. The second-order valence-electron chi connectivity index (χ2n) is 4.07. The number of aromatic nitrogens is 2. The van der Waals surface area contributed by atoms with Gasteiger partial charge in [-0.1, -0.05) is 0 Å². The van der Waals surface area contributed by atoms with E-state index in [-0.39, 0.29) is 5.56 Å². The monoisotopic (exact) mass is 238 g/mol. The van der Waals surface area contributed by atoms with Crippen LogP contribution in [-0.2, 0) is 6.54 Å². The van der Waals surface area contributed by atoms with Gasteiger partial charge in [-0.15, -0.1) is 0 Å². The van der Waals surface area contributed by atoms with Crippen molar-refractivity contribution in [3.8, 4) is 0 Å². The summed E-state index contributed by atoms with van der Waals surface area (Å²) in [6.45, 7) is 1.14. The van der Waals surface area contributed by atoms with Crippen molar-refractivity contribution in [2.75, 3.05) is 18.0 Å². The Balaban J connectivity index is 2.34. The molecule has 1 aromatic heterocycles. The van der Waals surface area contributed by atoms with Crippen LogP contribution >= 0.6 is 0 Å². The third-order valence-corrected chi connectivity index (χ3v) is 2.87. The Morgan fingerprint density at radius 3 is 2.76 bits per heavy atom. The first-order valence-corrected chi connectivity index (χ1v) is 5.62. The molecular formula is C10H14N4O3. The van der Waals surface area contributed by atoms with Crippen molar-refractivity contribution in [2.45, 2.75) is 25.8 Å². The van der Waals surface area contributed by atoms with Crippen LogP contribution in [0.25, 0.3) is 0 Å². The number of aromatic amines is 1. The van der Waals surface area contributed by atoms with E-state index in [9.17, 15) is 14.9 Å². The highest BCUT2D eigenvalue weighted by atomic mass is 16.6. The largest absolute Gasteiger partial charge is 0.356 e. The normalized spacial score (nSPS) is 15.9. The molecule has 0 amide bonds. The van der Waals surface area contributed by atoms with Gasteiger partial charge in [-0.25, -0.2) is 4.98 Å². The lowest BCUT2D eigenvalue weighted by atomic mass is 10.1. The Morgan fingerprint density at radius 2 is 2.12 bits per heavy atom. The van der Waals surface area contributed by atoms with Gasteiger partial charge in [0.2, 0.25) is 6.54 Å². The molecule has 17 heavy (non-hydrogen) atoms. The molecule has 7 nitrogen and oxygen atoms in total. The van der Waals surface area contributed by atoms with Crippen LogP contribution in [0, 0.1) is 10.1 Å².